The monoisotopic (exact) mass is 281 g/mol. The highest BCUT2D eigenvalue weighted by Crippen LogP contribution is 2.28. The van der Waals surface area contributed by atoms with Gasteiger partial charge in [-0.1, -0.05) is 28.1 Å². The predicted molar refractivity (Wildman–Crippen MR) is 72.9 cm³/mol. The molecule has 1 aliphatic rings. The molecule has 2 heteroatoms. The van der Waals surface area contributed by atoms with Crippen molar-refractivity contribution in [2.75, 3.05) is 13.1 Å². The Kier molecular flexibility index (Phi) is 4.04. The van der Waals surface area contributed by atoms with Gasteiger partial charge in [-0.15, -0.1) is 0 Å². The Hall–Kier alpha value is -0.340. The van der Waals surface area contributed by atoms with Gasteiger partial charge in [-0.05, 0) is 68.8 Å². The summed E-state index contributed by atoms with van der Waals surface area (Å²) in [5.41, 5.74) is 4.28. The molecule has 1 heterocycles. The molecule has 0 bridgehead atoms. The number of hydrogen-bond acceptors (Lipinski definition) is 1. The van der Waals surface area contributed by atoms with E-state index < -0.39 is 0 Å². The summed E-state index contributed by atoms with van der Waals surface area (Å²) >= 11 is 3.74. The highest BCUT2D eigenvalue weighted by atomic mass is 79.9. The van der Waals surface area contributed by atoms with E-state index in [-0.39, 0.29) is 0 Å². The molecule has 1 atom stereocenters. The average molecular weight is 282 g/mol. The second-order valence-corrected chi connectivity index (χ2v) is 5.70. The first-order valence-electron chi connectivity index (χ1n) is 6.14. The van der Waals surface area contributed by atoms with Crippen molar-refractivity contribution >= 4 is 15.9 Å². The maximum Gasteiger partial charge on any atom is 0.0239 e. The molecule has 1 nitrogen and oxygen atoms in total. The lowest BCUT2D eigenvalue weighted by Crippen LogP contribution is -2.31. The van der Waals surface area contributed by atoms with Crippen LogP contribution in [0.15, 0.2) is 16.6 Å². The number of hydrogen-bond donors (Lipinski definition) is 1. The Balaban J connectivity index is 2.16. The van der Waals surface area contributed by atoms with Gasteiger partial charge >= 0.3 is 0 Å². The molecule has 1 aliphatic heterocycles. The maximum atomic E-state index is 3.74. The Labute approximate surface area is 107 Å². The van der Waals surface area contributed by atoms with E-state index in [1.54, 1.807) is 0 Å². The van der Waals surface area contributed by atoms with Crippen LogP contribution in [0.1, 0.15) is 29.5 Å². The molecule has 0 aromatic heterocycles. The lowest BCUT2D eigenvalue weighted by atomic mass is 9.90. The van der Waals surface area contributed by atoms with Crippen LogP contribution in [0.2, 0.25) is 0 Å². The molecular formula is C14H20BrN. The molecule has 0 spiro atoms. The van der Waals surface area contributed by atoms with Gasteiger partial charge in [0.05, 0.1) is 0 Å². The first-order valence-corrected chi connectivity index (χ1v) is 6.93. The van der Waals surface area contributed by atoms with Gasteiger partial charge in [0.15, 0.2) is 0 Å². The lowest BCUT2D eigenvalue weighted by molar-refractivity contribution is 0.375. The van der Waals surface area contributed by atoms with Crippen LogP contribution in [0.3, 0.4) is 0 Å². The molecule has 0 radical (unpaired) electrons. The second kappa shape index (κ2) is 5.33. The molecule has 2 rings (SSSR count). The quantitative estimate of drug-likeness (QED) is 0.873. The third kappa shape index (κ3) is 2.67. The van der Waals surface area contributed by atoms with Gasteiger partial charge in [-0.3, -0.25) is 0 Å². The van der Waals surface area contributed by atoms with Crippen molar-refractivity contribution in [3.8, 4) is 0 Å². The summed E-state index contributed by atoms with van der Waals surface area (Å²) in [5.74, 6) is 0.811. The summed E-state index contributed by atoms with van der Waals surface area (Å²) in [6.45, 7) is 6.77. The van der Waals surface area contributed by atoms with E-state index in [0.29, 0.717) is 0 Å². The van der Waals surface area contributed by atoms with Gasteiger partial charge in [-0.2, -0.15) is 0 Å². The molecule has 0 saturated carbocycles. The number of nitrogens with one attached hydrogen (secondary N) is 1. The van der Waals surface area contributed by atoms with Crippen molar-refractivity contribution in [3.63, 3.8) is 0 Å². The predicted octanol–water partition coefficient (Wildman–Crippen LogP) is 3.61. The minimum Gasteiger partial charge on any atom is -0.316 e. The maximum absolute atomic E-state index is 3.74. The number of piperidine rings is 1. The Morgan fingerprint density at radius 1 is 1.31 bits per heavy atom. The summed E-state index contributed by atoms with van der Waals surface area (Å²) in [5, 5.41) is 3.49. The molecule has 1 saturated heterocycles. The molecule has 16 heavy (non-hydrogen) atoms. The number of benzene rings is 1. The largest absolute Gasteiger partial charge is 0.316 e. The summed E-state index contributed by atoms with van der Waals surface area (Å²) in [6, 6.07) is 4.44. The zero-order chi connectivity index (χ0) is 11.5. The second-order valence-electron chi connectivity index (χ2n) is 4.91. The average Bonchev–Trinajstić information content (AvgIpc) is 2.31. The first-order chi connectivity index (χ1) is 7.68. The van der Waals surface area contributed by atoms with Crippen molar-refractivity contribution < 1.29 is 0 Å². The Bertz CT molecular complexity index is 367. The Morgan fingerprint density at radius 3 is 2.75 bits per heavy atom. The minimum atomic E-state index is 0.811. The van der Waals surface area contributed by atoms with Crippen molar-refractivity contribution in [2.45, 2.75) is 33.1 Å². The van der Waals surface area contributed by atoms with E-state index in [2.05, 4.69) is 47.2 Å². The van der Waals surface area contributed by atoms with E-state index in [1.165, 1.54) is 53.5 Å². The summed E-state index contributed by atoms with van der Waals surface area (Å²) in [7, 11) is 0. The molecule has 88 valence electrons. The van der Waals surface area contributed by atoms with Gasteiger partial charge in [0.2, 0.25) is 0 Å². The van der Waals surface area contributed by atoms with Crippen LogP contribution >= 0.6 is 15.9 Å². The molecular weight excluding hydrogens is 262 g/mol. The molecule has 1 N–H and O–H groups in total. The van der Waals surface area contributed by atoms with Crippen molar-refractivity contribution in [1.82, 2.24) is 5.32 Å². The normalized spacial score (nSPS) is 21.1. The zero-order valence-corrected chi connectivity index (χ0v) is 11.7. The van der Waals surface area contributed by atoms with Crippen molar-refractivity contribution in [1.29, 1.82) is 0 Å². The van der Waals surface area contributed by atoms with Crippen LogP contribution in [0, 0.1) is 19.8 Å². The van der Waals surface area contributed by atoms with Crippen LogP contribution in [0.4, 0.5) is 0 Å². The topological polar surface area (TPSA) is 12.0 Å². The molecule has 0 amide bonds. The fourth-order valence-corrected chi connectivity index (χ4v) is 3.08. The first kappa shape index (κ1) is 12.1. The van der Waals surface area contributed by atoms with Crippen molar-refractivity contribution in [2.24, 2.45) is 5.92 Å². The lowest BCUT2D eigenvalue weighted by Gasteiger charge is -2.24. The zero-order valence-electron chi connectivity index (χ0n) is 10.1. The SMILES string of the molecule is Cc1ccc(C)c(CC2CCCNC2)c1Br. The fraction of sp³-hybridized carbons (Fsp3) is 0.571. The third-order valence-electron chi connectivity index (χ3n) is 3.56. The molecule has 0 aliphatic carbocycles. The van der Waals surface area contributed by atoms with Gasteiger partial charge < -0.3 is 5.32 Å². The molecule has 1 unspecified atom stereocenters. The standard InChI is InChI=1S/C14H20BrN/c1-10-5-6-11(2)14(15)13(10)8-12-4-3-7-16-9-12/h5-6,12,16H,3-4,7-9H2,1-2H3. The number of halogens is 1. The summed E-state index contributed by atoms with van der Waals surface area (Å²) in [6.07, 6.45) is 3.90. The number of rotatable bonds is 2. The van der Waals surface area contributed by atoms with Crippen LogP contribution in [-0.2, 0) is 6.42 Å². The summed E-state index contributed by atoms with van der Waals surface area (Å²) in [4.78, 5) is 0. The van der Waals surface area contributed by atoms with Crippen LogP contribution in [-0.4, -0.2) is 13.1 Å². The number of aryl methyl sites for hydroxylation is 2. The fourth-order valence-electron chi connectivity index (χ4n) is 2.47. The van der Waals surface area contributed by atoms with E-state index in [4.69, 9.17) is 0 Å². The smallest absolute Gasteiger partial charge is 0.0239 e. The van der Waals surface area contributed by atoms with E-state index in [0.717, 1.165) is 5.92 Å². The molecule has 1 aromatic rings. The third-order valence-corrected chi connectivity index (χ3v) is 4.67. The van der Waals surface area contributed by atoms with Gasteiger partial charge in [0.25, 0.3) is 0 Å². The van der Waals surface area contributed by atoms with Gasteiger partial charge in [0, 0.05) is 4.47 Å². The van der Waals surface area contributed by atoms with Crippen molar-refractivity contribution in [3.05, 3.63) is 33.3 Å². The van der Waals surface area contributed by atoms with Crippen LogP contribution < -0.4 is 5.32 Å². The highest BCUT2D eigenvalue weighted by molar-refractivity contribution is 9.10. The van der Waals surface area contributed by atoms with Crippen LogP contribution in [0.5, 0.6) is 0 Å². The van der Waals surface area contributed by atoms with Gasteiger partial charge in [-0.25, -0.2) is 0 Å². The Morgan fingerprint density at radius 2 is 2.06 bits per heavy atom. The van der Waals surface area contributed by atoms with E-state index in [1.807, 2.05) is 0 Å². The molecule has 1 aromatic carbocycles. The molecule has 1 fully saturated rings. The van der Waals surface area contributed by atoms with E-state index >= 15 is 0 Å². The minimum absolute atomic E-state index is 0.811. The van der Waals surface area contributed by atoms with E-state index in [9.17, 15) is 0 Å². The van der Waals surface area contributed by atoms with Crippen LogP contribution in [0.25, 0.3) is 0 Å². The summed E-state index contributed by atoms with van der Waals surface area (Å²) < 4.78 is 1.32. The van der Waals surface area contributed by atoms with Gasteiger partial charge in [0.1, 0.15) is 0 Å². The highest BCUT2D eigenvalue weighted by Gasteiger charge is 2.16.